The van der Waals surface area contributed by atoms with Crippen molar-refractivity contribution in [1.29, 1.82) is 0 Å². The number of carbonyl (C=O) groups excluding carboxylic acids is 1. The molecule has 7 nitrogen and oxygen atoms in total. The van der Waals surface area contributed by atoms with Crippen molar-refractivity contribution < 1.29 is 35.2 Å². The normalized spacial score (nSPS) is 12.3. The number of aromatic amines is 1. The van der Waals surface area contributed by atoms with Crippen LogP contribution in [0.1, 0.15) is 15.9 Å². The van der Waals surface area contributed by atoms with Gasteiger partial charge in [-0.1, -0.05) is 0 Å². The topological polar surface area (TPSA) is 105 Å². The number of carbonyl (C=O) groups is 1. The zero-order valence-corrected chi connectivity index (χ0v) is 14.3. The molecular weight excluding hydrogens is 411 g/mol. The number of halogens is 5. The molecule has 0 aliphatic rings. The van der Waals surface area contributed by atoms with Gasteiger partial charge in [-0.3, -0.25) is 9.52 Å². The molecule has 28 heavy (non-hydrogen) atoms. The van der Waals surface area contributed by atoms with E-state index in [4.69, 9.17) is 0 Å². The molecule has 0 radical (unpaired) electrons. The molecule has 0 aliphatic carbocycles. The molecule has 148 valence electrons. The summed E-state index contributed by atoms with van der Waals surface area (Å²) >= 11 is 0. The van der Waals surface area contributed by atoms with E-state index >= 15 is 0 Å². The van der Waals surface area contributed by atoms with Gasteiger partial charge in [0.05, 0.1) is 16.8 Å². The van der Waals surface area contributed by atoms with Crippen molar-refractivity contribution in [2.24, 2.45) is 0 Å². The van der Waals surface area contributed by atoms with Crippen LogP contribution in [0.3, 0.4) is 0 Å². The Morgan fingerprint density at radius 2 is 1.93 bits per heavy atom. The van der Waals surface area contributed by atoms with Gasteiger partial charge >= 0.3 is 6.18 Å². The second kappa shape index (κ2) is 6.82. The molecule has 0 aliphatic heterocycles. The van der Waals surface area contributed by atoms with Crippen molar-refractivity contribution in [2.45, 2.75) is 6.18 Å². The van der Waals surface area contributed by atoms with E-state index in [1.165, 1.54) is 17.2 Å². The predicted octanol–water partition coefficient (Wildman–Crippen LogP) is 2.77. The molecule has 0 saturated carbocycles. The standard InChI is InChI=1S/C15H9F5N4O3S/c16-9-1-2-10(24-28(26,27)5-15(18,19)20)12(17)11(9)13(25)7-4-22-14-8(7)3-21-6-23-14/h1-4,6,24H,5H2,(H,21,22,23). The van der Waals surface area contributed by atoms with Gasteiger partial charge in [0.15, 0.2) is 11.6 Å². The van der Waals surface area contributed by atoms with Crippen molar-refractivity contribution in [2.75, 3.05) is 10.5 Å². The third-order valence-electron chi connectivity index (χ3n) is 3.54. The first-order chi connectivity index (χ1) is 13.0. The van der Waals surface area contributed by atoms with Crippen LogP contribution < -0.4 is 4.72 Å². The van der Waals surface area contributed by atoms with E-state index in [9.17, 15) is 35.2 Å². The van der Waals surface area contributed by atoms with Crippen molar-refractivity contribution in [3.8, 4) is 0 Å². The van der Waals surface area contributed by atoms with Gasteiger partial charge in [0.25, 0.3) is 0 Å². The van der Waals surface area contributed by atoms with Gasteiger partial charge in [-0.15, -0.1) is 0 Å². The number of rotatable bonds is 5. The molecule has 3 aromatic rings. The molecule has 3 rings (SSSR count). The number of alkyl halides is 3. The van der Waals surface area contributed by atoms with Crippen molar-refractivity contribution in [1.82, 2.24) is 15.0 Å². The van der Waals surface area contributed by atoms with Crippen LogP contribution in [0.2, 0.25) is 0 Å². The fourth-order valence-electron chi connectivity index (χ4n) is 2.44. The number of nitrogens with one attached hydrogen (secondary N) is 2. The highest BCUT2D eigenvalue weighted by atomic mass is 32.2. The Hall–Kier alpha value is -3.09. The predicted molar refractivity (Wildman–Crippen MR) is 87.1 cm³/mol. The number of fused-ring (bicyclic) bond motifs is 1. The summed E-state index contributed by atoms with van der Waals surface area (Å²) in [6.07, 6.45) is -1.56. The summed E-state index contributed by atoms with van der Waals surface area (Å²) < 4.78 is 90.2. The quantitative estimate of drug-likeness (QED) is 0.488. The molecule has 2 heterocycles. The van der Waals surface area contributed by atoms with Crippen LogP contribution in [0.15, 0.2) is 30.9 Å². The Labute approximate surface area is 153 Å². The van der Waals surface area contributed by atoms with Crippen LogP contribution in [-0.4, -0.2) is 41.1 Å². The molecule has 0 atom stereocenters. The van der Waals surface area contributed by atoms with Crippen LogP contribution in [0, 0.1) is 11.6 Å². The van der Waals surface area contributed by atoms with Gasteiger partial charge in [0.1, 0.15) is 17.8 Å². The Kier molecular flexibility index (Phi) is 4.79. The van der Waals surface area contributed by atoms with Crippen molar-refractivity contribution in [3.63, 3.8) is 0 Å². The number of benzene rings is 1. The Balaban J connectivity index is 2.03. The number of nitrogens with zero attached hydrogens (tertiary/aromatic N) is 2. The highest BCUT2D eigenvalue weighted by Gasteiger charge is 2.36. The van der Waals surface area contributed by atoms with Gasteiger partial charge in [0, 0.05) is 17.8 Å². The van der Waals surface area contributed by atoms with Gasteiger partial charge in [-0.2, -0.15) is 13.2 Å². The Bertz CT molecular complexity index is 1170. The maximum atomic E-state index is 14.6. The average Bonchev–Trinajstić information content (AvgIpc) is 2.99. The number of aromatic nitrogens is 3. The minimum Gasteiger partial charge on any atom is -0.345 e. The molecule has 1 aromatic carbocycles. The lowest BCUT2D eigenvalue weighted by atomic mass is 10.0. The van der Waals surface area contributed by atoms with Gasteiger partial charge in [-0.25, -0.2) is 27.2 Å². The van der Waals surface area contributed by atoms with E-state index in [1.54, 1.807) is 0 Å². The molecule has 0 unspecified atom stereocenters. The van der Waals surface area contributed by atoms with Crippen molar-refractivity contribution in [3.05, 3.63) is 53.6 Å². The summed E-state index contributed by atoms with van der Waals surface area (Å²) in [6, 6.07) is 1.14. The molecule has 2 aromatic heterocycles. The summed E-state index contributed by atoms with van der Waals surface area (Å²) in [5.74, 6) is -6.43. The maximum Gasteiger partial charge on any atom is 0.404 e. The third-order valence-corrected chi connectivity index (χ3v) is 4.78. The lowest BCUT2D eigenvalue weighted by Crippen LogP contribution is -2.28. The first-order valence-corrected chi connectivity index (χ1v) is 9.01. The molecule has 13 heteroatoms. The van der Waals surface area contributed by atoms with E-state index in [0.29, 0.717) is 12.1 Å². The maximum absolute atomic E-state index is 14.6. The monoisotopic (exact) mass is 420 g/mol. The van der Waals surface area contributed by atoms with E-state index in [1.807, 2.05) is 0 Å². The summed E-state index contributed by atoms with van der Waals surface area (Å²) in [6.45, 7) is 0. The highest BCUT2D eigenvalue weighted by molar-refractivity contribution is 7.92. The van der Waals surface area contributed by atoms with Crippen LogP contribution in [0.4, 0.5) is 27.6 Å². The van der Waals surface area contributed by atoms with E-state index in [-0.39, 0.29) is 16.6 Å². The Morgan fingerprint density at radius 1 is 1.21 bits per heavy atom. The van der Waals surface area contributed by atoms with E-state index in [2.05, 4.69) is 15.0 Å². The summed E-state index contributed by atoms with van der Waals surface area (Å²) in [4.78, 5) is 22.7. The van der Waals surface area contributed by atoms with Gasteiger partial charge in [-0.05, 0) is 12.1 Å². The lowest BCUT2D eigenvalue weighted by molar-refractivity contribution is -0.106. The molecule has 0 saturated heterocycles. The summed E-state index contributed by atoms with van der Waals surface area (Å²) in [5, 5.41) is 0.148. The van der Waals surface area contributed by atoms with Crippen LogP contribution in [-0.2, 0) is 10.0 Å². The second-order valence-corrected chi connectivity index (χ2v) is 7.30. The number of hydrogen-bond acceptors (Lipinski definition) is 5. The minimum absolute atomic E-state index is 0.148. The van der Waals surface area contributed by atoms with E-state index in [0.717, 1.165) is 6.20 Å². The molecular formula is C15H9F5N4O3S. The molecule has 0 fully saturated rings. The average molecular weight is 420 g/mol. The molecule has 2 N–H and O–H groups in total. The Morgan fingerprint density at radius 3 is 2.61 bits per heavy atom. The van der Waals surface area contributed by atoms with Crippen molar-refractivity contribution >= 4 is 32.5 Å². The molecule has 0 bridgehead atoms. The second-order valence-electron chi connectivity index (χ2n) is 5.58. The summed E-state index contributed by atoms with van der Waals surface area (Å²) in [5.41, 5.74) is -2.13. The van der Waals surface area contributed by atoms with E-state index < -0.39 is 50.6 Å². The number of hydrogen-bond donors (Lipinski definition) is 2. The van der Waals surface area contributed by atoms with Crippen LogP contribution >= 0.6 is 0 Å². The number of ketones is 1. The lowest BCUT2D eigenvalue weighted by Gasteiger charge is -2.13. The van der Waals surface area contributed by atoms with Crippen LogP contribution in [0.25, 0.3) is 11.0 Å². The third kappa shape index (κ3) is 3.93. The van der Waals surface area contributed by atoms with Crippen LogP contribution in [0.5, 0.6) is 0 Å². The number of anilines is 1. The van der Waals surface area contributed by atoms with Gasteiger partial charge < -0.3 is 4.98 Å². The highest BCUT2D eigenvalue weighted by Crippen LogP contribution is 2.28. The first-order valence-electron chi connectivity index (χ1n) is 7.35. The zero-order chi connectivity index (χ0) is 20.7. The largest absolute Gasteiger partial charge is 0.404 e. The smallest absolute Gasteiger partial charge is 0.345 e. The fraction of sp³-hybridized carbons (Fsp3) is 0.133. The van der Waals surface area contributed by atoms with Gasteiger partial charge in [0.2, 0.25) is 15.8 Å². The zero-order valence-electron chi connectivity index (χ0n) is 13.5. The number of H-pyrrole nitrogens is 1. The number of sulfonamides is 1. The molecule has 0 amide bonds. The first kappa shape index (κ1) is 19.7. The summed E-state index contributed by atoms with van der Waals surface area (Å²) in [7, 11) is -5.03. The SMILES string of the molecule is O=C(c1c(F)ccc(NS(=O)(=O)CC(F)(F)F)c1F)c1c[nH]c2ncncc12. The minimum atomic E-state index is -5.08. The fourth-order valence-corrected chi connectivity index (χ4v) is 3.44. The molecule has 0 spiro atoms.